The fourth-order valence-corrected chi connectivity index (χ4v) is 3.40. The minimum Gasteiger partial charge on any atom is -0.378 e. The van der Waals surface area contributed by atoms with Crippen molar-refractivity contribution in [1.82, 2.24) is 5.43 Å². The molecular weight excluding hydrogens is 224 g/mol. The summed E-state index contributed by atoms with van der Waals surface area (Å²) >= 11 is 0. The third-order valence-corrected chi connectivity index (χ3v) is 4.46. The molecule has 0 bridgehead atoms. The Morgan fingerprint density at radius 2 is 2.06 bits per heavy atom. The van der Waals surface area contributed by atoms with Crippen LogP contribution >= 0.6 is 0 Å². The molecule has 1 aromatic rings. The first kappa shape index (κ1) is 12.2. The van der Waals surface area contributed by atoms with Crippen LogP contribution in [-0.4, -0.2) is 18.8 Å². The van der Waals surface area contributed by atoms with Gasteiger partial charge in [0.2, 0.25) is 0 Å². The lowest BCUT2D eigenvalue weighted by molar-refractivity contribution is 0.115. The van der Waals surface area contributed by atoms with Gasteiger partial charge in [0.15, 0.2) is 0 Å². The average Bonchev–Trinajstić information content (AvgIpc) is 3.07. The molecule has 2 aliphatic rings. The van der Waals surface area contributed by atoms with Crippen LogP contribution in [-0.2, 0) is 4.74 Å². The number of hydrogen-bond donors (Lipinski definition) is 2. The van der Waals surface area contributed by atoms with Gasteiger partial charge in [-0.3, -0.25) is 11.3 Å². The highest BCUT2D eigenvalue weighted by Gasteiger charge is 2.47. The quantitative estimate of drug-likeness (QED) is 0.631. The maximum absolute atomic E-state index is 5.77. The van der Waals surface area contributed by atoms with E-state index >= 15 is 0 Å². The van der Waals surface area contributed by atoms with Crippen LogP contribution in [0.1, 0.15) is 31.2 Å². The number of nitrogens with two attached hydrogens (primary N) is 1. The molecule has 2 fully saturated rings. The predicted molar refractivity (Wildman–Crippen MR) is 71.9 cm³/mol. The summed E-state index contributed by atoms with van der Waals surface area (Å²) in [6.07, 6.45) is 2.77. The first-order chi connectivity index (χ1) is 8.79. The van der Waals surface area contributed by atoms with Gasteiger partial charge in [0.1, 0.15) is 0 Å². The Bertz CT molecular complexity index is 395. The summed E-state index contributed by atoms with van der Waals surface area (Å²) in [7, 11) is 0. The number of rotatable bonds is 4. The zero-order chi connectivity index (χ0) is 12.5. The van der Waals surface area contributed by atoms with Gasteiger partial charge in [-0.1, -0.05) is 30.3 Å². The molecule has 1 heterocycles. The Morgan fingerprint density at radius 1 is 1.28 bits per heavy atom. The van der Waals surface area contributed by atoms with Crippen molar-refractivity contribution in [3.63, 3.8) is 0 Å². The minimum atomic E-state index is 0.389. The number of ether oxygens (including phenoxy) is 1. The van der Waals surface area contributed by atoms with Crippen LogP contribution in [0.3, 0.4) is 0 Å². The van der Waals surface area contributed by atoms with E-state index in [-0.39, 0.29) is 0 Å². The molecule has 0 radical (unpaired) electrons. The van der Waals surface area contributed by atoms with Crippen LogP contribution in [0.25, 0.3) is 0 Å². The van der Waals surface area contributed by atoms with E-state index in [1.807, 2.05) is 0 Å². The smallest absolute Gasteiger partial charge is 0.0551 e. The number of hydrazine groups is 1. The Hall–Kier alpha value is -0.900. The molecule has 0 aromatic heterocycles. The lowest BCUT2D eigenvalue weighted by Crippen LogP contribution is -2.43. The molecule has 98 valence electrons. The third kappa shape index (κ3) is 2.30. The van der Waals surface area contributed by atoms with Gasteiger partial charge in [0.25, 0.3) is 0 Å². The molecule has 5 atom stereocenters. The van der Waals surface area contributed by atoms with E-state index < -0.39 is 0 Å². The molecule has 3 rings (SSSR count). The largest absolute Gasteiger partial charge is 0.378 e. The van der Waals surface area contributed by atoms with E-state index in [2.05, 4.69) is 42.7 Å². The Kier molecular flexibility index (Phi) is 3.37. The van der Waals surface area contributed by atoms with Crippen molar-refractivity contribution in [3.8, 4) is 0 Å². The summed E-state index contributed by atoms with van der Waals surface area (Å²) in [5.41, 5.74) is 4.50. The fourth-order valence-electron chi connectivity index (χ4n) is 3.40. The molecule has 5 unspecified atom stereocenters. The van der Waals surface area contributed by atoms with Crippen LogP contribution < -0.4 is 11.3 Å². The van der Waals surface area contributed by atoms with E-state index in [0.29, 0.717) is 29.9 Å². The molecule has 18 heavy (non-hydrogen) atoms. The van der Waals surface area contributed by atoms with Crippen molar-refractivity contribution >= 4 is 0 Å². The highest BCUT2D eigenvalue weighted by molar-refractivity contribution is 5.27. The van der Waals surface area contributed by atoms with E-state index in [1.54, 1.807) is 0 Å². The van der Waals surface area contributed by atoms with Gasteiger partial charge in [-0.15, -0.1) is 0 Å². The summed E-state index contributed by atoms with van der Waals surface area (Å²) in [5, 5.41) is 0. The van der Waals surface area contributed by atoms with Crippen molar-refractivity contribution in [1.29, 1.82) is 0 Å². The second kappa shape index (κ2) is 5.00. The van der Waals surface area contributed by atoms with Crippen molar-refractivity contribution < 1.29 is 4.74 Å². The van der Waals surface area contributed by atoms with Crippen LogP contribution in [0.5, 0.6) is 0 Å². The van der Waals surface area contributed by atoms with Crippen molar-refractivity contribution in [2.45, 2.75) is 37.8 Å². The van der Waals surface area contributed by atoms with Gasteiger partial charge in [-0.2, -0.15) is 0 Å². The second-order valence-corrected chi connectivity index (χ2v) is 5.75. The molecule has 3 N–H and O–H groups in total. The standard InChI is InChI=1S/C15H22N2O/c1-10-7-12(9-18-10)15(17-16)14-8-13(14)11-5-3-2-4-6-11/h2-6,10,12-15,17H,7-9,16H2,1H3. The summed E-state index contributed by atoms with van der Waals surface area (Å²) in [6.45, 7) is 3.00. The number of nitrogens with one attached hydrogen (secondary N) is 1. The molecule has 3 heteroatoms. The molecule has 1 saturated heterocycles. The summed E-state index contributed by atoms with van der Waals surface area (Å²) in [6, 6.07) is 11.2. The van der Waals surface area contributed by atoms with Gasteiger partial charge < -0.3 is 4.74 Å². The van der Waals surface area contributed by atoms with Crippen LogP contribution in [0.2, 0.25) is 0 Å². The Balaban J connectivity index is 1.65. The number of hydrogen-bond acceptors (Lipinski definition) is 3. The van der Waals surface area contributed by atoms with Crippen LogP contribution in [0, 0.1) is 11.8 Å². The van der Waals surface area contributed by atoms with Gasteiger partial charge >= 0.3 is 0 Å². The second-order valence-electron chi connectivity index (χ2n) is 5.75. The molecule has 1 aliphatic heterocycles. The monoisotopic (exact) mass is 246 g/mol. The lowest BCUT2D eigenvalue weighted by atomic mass is 9.92. The topological polar surface area (TPSA) is 47.3 Å². The van der Waals surface area contributed by atoms with Crippen LogP contribution in [0.4, 0.5) is 0 Å². The normalized spacial score (nSPS) is 36.6. The van der Waals surface area contributed by atoms with E-state index in [0.717, 1.165) is 13.0 Å². The number of benzene rings is 1. The summed E-state index contributed by atoms with van der Waals surface area (Å²) in [4.78, 5) is 0. The lowest BCUT2D eigenvalue weighted by Gasteiger charge is -2.22. The average molecular weight is 246 g/mol. The first-order valence-electron chi connectivity index (χ1n) is 6.92. The van der Waals surface area contributed by atoms with Crippen molar-refractivity contribution in [3.05, 3.63) is 35.9 Å². The van der Waals surface area contributed by atoms with Gasteiger partial charge in [0, 0.05) is 12.0 Å². The van der Waals surface area contributed by atoms with Crippen LogP contribution in [0.15, 0.2) is 30.3 Å². The summed E-state index contributed by atoms with van der Waals surface area (Å²) in [5.74, 6) is 7.71. The minimum absolute atomic E-state index is 0.389. The van der Waals surface area contributed by atoms with E-state index in [1.165, 1.54) is 12.0 Å². The molecular formula is C15H22N2O. The predicted octanol–water partition coefficient (Wildman–Crippen LogP) is 2.05. The molecule has 0 spiro atoms. The first-order valence-corrected chi connectivity index (χ1v) is 6.92. The van der Waals surface area contributed by atoms with E-state index in [4.69, 9.17) is 10.6 Å². The van der Waals surface area contributed by atoms with Gasteiger partial charge in [0.05, 0.1) is 12.7 Å². The SMILES string of the molecule is CC1CC(C(NN)C2CC2c2ccccc2)CO1. The maximum atomic E-state index is 5.77. The molecule has 0 amide bonds. The highest BCUT2D eigenvalue weighted by atomic mass is 16.5. The molecule has 1 aromatic carbocycles. The Morgan fingerprint density at radius 3 is 2.67 bits per heavy atom. The maximum Gasteiger partial charge on any atom is 0.0551 e. The van der Waals surface area contributed by atoms with Gasteiger partial charge in [-0.05, 0) is 37.2 Å². The zero-order valence-electron chi connectivity index (χ0n) is 10.9. The molecule has 1 saturated carbocycles. The Labute approximate surface area is 109 Å². The molecule has 1 aliphatic carbocycles. The van der Waals surface area contributed by atoms with E-state index in [9.17, 15) is 0 Å². The van der Waals surface area contributed by atoms with Crippen molar-refractivity contribution in [2.24, 2.45) is 17.7 Å². The van der Waals surface area contributed by atoms with Gasteiger partial charge in [-0.25, -0.2) is 0 Å². The molecule has 3 nitrogen and oxygen atoms in total. The fraction of sp³-hybridized carbons (Fsp3) is 0.600. The third-order valence-electron chi connectivity index (χ3n) is 4.46. The summed E-state index contributed by atoms with van der Waals surface area (Å²) < 4.78 is 5.67. The zero-order valence-corrected chi connectivity index (χ0v) is 10.9. The highest BCUT2D eigenvalue weighted by Crippen LogP contribution is 2.51. The van der Waals surface area contributed by atoms with Crippen molar-refractivity contribution in [2.75, 3.05) is 6.61 Å².